The maximum absolute atomic E-state index is 13.8. The van der Waals surface area contributed by atoms with Gasteiger partial charge in [0.05, 0.1) is 35.1 Å². The molecule has 1 amide bonds. The number of anilines is 2. The molecule has 1 aliphatic carbocycles. The third-order valence-corrected chi connectivity index (χ3v) is 9.64. The van der Waals surface area contributed by atoms with Crippen LogP contribution >= 0.6 is 0 Å². The van der Waals surface area contributed by atoms with E-state index in [1.807, 2.05) is 26.1 Å². The van der Waals surface area contributed by atoms with Crippen LogP contribution in [0.15, 0.2) is 36.5 Å². The fourth-order valence-corrected chi connectivity index (χ4v) is 6.97. The first-order valence-corrected chi connectivity index (χ1v) is 16.3. The third-order valence-electron chi connectivity index (χ3n) is 9.64. The number of benzene rings is 1. The second kappa shape index (κ2) is 11.9. The number of amides is 1. The molecule has 3 aliphatic rings. The molecule has 232 valence electrons. The molecule has 44 heavy (non-hydrogen) atoms. The predicted octanol–water partition coefficient (Wildman–Crippen LogP) is 5.88. The average Bonchev–Trinajstić information content (AvgIpc) is 3.71. The summed E-state index contributed by atoms with van der Waals surface area (Å²) < 4.78 is 10.3. The fourth-order valence-electron chi connectivity index (χ4n) is 6.97. The van der Waals surface area contributed by atoms with Gasteiger partial charge in [0.2, 0.25) is 11.8 Å². The molecule has 10 heteroatoms. The number of imidazole rings is 1. The van der Waals surface area contributed by atoms with Gasteiger partial charge in [0.25, 0.3) is 5.91 Å². The van der Waals surface area contributed by atoms with Crippen LogP contribution < -0.4 is 15.4 Å². The minimum absolute atomic E-state index is 0.201. The van der Waals surface area contributed by atoms with Gasteiger partial charge in [0.1, 0.15) is 0 Å². The van der Waals surface area contributed by atoms with Crippen LogP contribution in [-0.4, -0.2) is 66.9 Å². The molecule has 0 spiro atoms. The Morgan fingerprint density at radius 3 is 2.61 bits per heavy atom. The van der Waals surface area contributed by atoms with Crippen molar-refractivity contribution >= 4 is 28.6 Å². The Balaban J connectivity index is 1.23. The normalized spacial score (nSPS) is 20.4. The molecule has 1 atom stereocenters. The summed E-state index contributed by atoms with van der Waals surface area (Å²) in [5.74, 6) is 2.24. The van der Waals surface area contributed by atoms with Gasteiger partial charge in [0.15, 0.2) is 0 Å². The van der Waals surface area contributed by atoms with Crippen LogP contribution in [-0.2, 0) is 13.6 Å². The molecule has 10 nitrogen and oxygen atoms in total. The number of hydrogen-bond donors (Lipinski definition) is 2. The van der Waals surface area contributed by atoms with Gasteiger partial charge >= 0.3 is 0 Å². The first-order valence-electron chi connectivity index (χ1n) is 16.3. The number of nitrogens with one attached hydrogen (secondary N) is 2. The smallest absolute Gasteiger partial charge is 0.258 e. The van der Waals surface area contributed by atoms with Crippen LogP contribution in [0.4, 0.5) is 11.6 Å². The standard InChI is InChI=1S/C34H44N8O2/c1-21(2)41-13-11-26(12-14-41)37-27-9-10-29-31(18-27)42-20-24(23-7-8-23)6-5-15-44-33-28(19-35-40(33)4)30-17-25(16-22(3)36-30)32(43)39-34(42)38-29/h9-10,16-19,21,23-24,26,37H,5-8,11-15,20H2,1-4H3,(H,38,39,43). The van der Waals surface area contributed by atoms with Crippen LogP contribution in [0.5, 0.6) is 5.88 Å². The molecule has 1 unspecified atom stereocenters. The van der Waals surface area contributed by atoms with Crippen molar-refractivity contribution in [3.05, 3.63) is 47.8 Å². The Morgan fingerprint density at radius 1 is 1.02 bits per heavy atom. The average molecular weight is 597 g/mol. The van der Waals surface area contributed by atoms with Gasteiger partial charge in [-0.3, -0.25) is 15.1 Å². The number of nitrogens with zero attached hydrogens (tertiary/aromatic N) is 6. The number of aromatic nitrogens is 5. The van der Waals surface area contributed by atoms with Crippen LogP contribution in [0.25, 0.3) is 22.3 Å². The van der Waals surface area contributed by atoms with E-state index in [1.54, 1.807) is 10.9 Å². The van der Waals surface area contributed by atoms with Gasteiger partial charge in [-0.1, -0.05) is 0 Å². The first kappa shape index (κ1) is 28.8. The minimum atomic E-state index is -0.201. The number of pyridine rings is 1. The number of carbonyl (C=O) groups excluding carboxylic acids is 1. The fraction of sp³-hybridized carbons (Fsp3) is 0.529. The van der Waals surface area contributed by atoms with E-state index >= 15 is 0 Å². The lowest BCUT2D eigenvalue weighted by molar-refractivity contribution is 0.102. The zero-order valence-corrected chi connectivity index (χ0v) is 26.3. The van der Waals surface area contributed by atoms with E-state index in [4.69, 9.17) is 14.7 Å². The zero-order chi connectivity index (χ0) is 30.4. The number of likely N-dealkylation sites (tertiary alicyclic amines) is 1. The number of fused-ring (bicyclic) bond motifs is 7. The van der Waals surface area contributed by atoms with Crippen LogP contribution in [0.3, 0.4) is 0 Å². The molecule has 2 fully saturated rings. The highest BCUT2D eigenvalue weighted by molar-refractivity contribution is 6.05. The Hall–Kier alpha value is -3.92. The van der Waals surface area contributed by atoms with Gasteiger partial charge in [-0.2, -0.15) is 5.10 Å². The monoisotopic (exact) mass is 596 g/mol. The van der Waals surface area contributed by atoms with Gasteiger partial charge < -0.3 is 19.5 Å². The highest BCUT2D eigenvalue weighted by Gasteiger charge is 2.32. The Kier molecular flexibility index (Phi) is 7.78. The lowest BCUT2D eigenvalue weighted by atomic mass is 9.97. The van der Waals surface area contributed by atoms with Crippen LogP contribution in [0.1, 0.15) is 68.4 Å². The van der Waals surface area contributed by atoms with E-state index in [1.165, 1.54) is 12.8 Å². The van der Waals surface area contributed by atoms with Crippen molar-refractivity contribution in [3.63, 3.8) is 0 Å². The van der Waals surface area contributed by atoms with E-state index in [0.29, 0.717) is 53.6 Å². The molecule has 2 aliphatic heterocycles. The first-order chi connectivity index (χ1) is 21.3. The maximum Gasteiger partial charge on any atom is 0.258 e. The van der Waals surface area contributed by atoms with Crippen molar-refractivity contribution in [1.82, 2.24) is 29.2 Å². The summed E-state index contributed by atoms with van der Waals surface area (Å²) in [7, 11) is 1.88. The molecule has 1 saturated heterocycles. The van der Waals surface area contributed by atoms with Crippen molar-refractivity contribution in [2.45, 2.75) is 77.9 Å². The van der Waals surface area contributed by atoms with Crippen molar-refractivity contribution in [2.75, 3.05) is 30.3 Å². The van der Waals surface area contributed by atoms with Crippen molar-refractivity contribution < 1.29 is 9.53 Å². The second-order valence-corrected chi connectivity index (χ2v) is 13.2. The second-order valence-electron chi connectivity index (χ2n) is 13.2. The number of hydrogen-bond acceptors (Lipinski definition) is 7. The predicted molar refractivity (Wildman–Crippen MR) is 173 cm³/mol. The summed E-state index contributed by atoms with van der Waals surface area (Å²) in [6.07, 6.45) is 8.53. The summed E-state index contributed by atoms with van der Waals surface area (Å²) in [5.41, 5.74) is 5.82. The summed E-state index contributed by atoms with van der Waals surface area (Å²) >= 11 is 0. The zero-order valence-electron chi connectivity index (χ0n) is 26.3. The van der Waals surface area contributed by atoms with Crippen LogP contribution in [0.2, 0.25) is 0 Å². The summed E-state index contributed by atoms with van der Waals surface area (Å²) in [4.78, 5) is 26.0. The number of piperidine rings is 1. The van der Waals surface area contributed by atoms with Gasteiger partial charge in [0, 0.05) is 55.7 Å². The molecule has 3 aromatic heterocycles. The molecule has 1 saturated carbocycles. The van der Waals surface area contributed by atoms with Gasteiger partial charge in [-0.25, -0.2) is 9.67 Å². The molecule has 0 radical (unpaired) electrons. The van der Waals surface area contributed by atoms with Crippen molar-refractivity contribution in [1.29, 1.82) is 0 Å². The lowest BCUT2D eigenvalue weighted by Gasteiger charge is -2.35. The molecule has 5 heterocycles. The topological polar surface area (TPSA) is 102 Å². The highest BCUT2D eigenvalue weighted by atomic mass is 16.5. The number of rotatable bonds is 4. The van der Waals surface area contributed by atoms with E-state index in [2.05, 4.69) is 57.2 Å². The quantitative estimate of drug-likeness (QED) is 0.304. The number of aryl methyl sites for hydroxylation is 2. The van der Waals surface area contributed by atoms with Gasteiger partial charge in [-0.05, 0) is 101 Å². The number of ether oxygens (including phenoxy) is 1. The molecule has 2 N–H and O–H groups in total. The summed E-state index contributed by atoms with van der Waals surface area (Å²) in [6.45, 7) is 10.1. The molecule has 7 rings (SSSR count). The van der Waals surface area contributed by atoms with Gasteiger partial charge in [-0.15, -0.1) is 0 Å². The molecule has 2 bridgehead atoms. The van der Waals surface area contributed by atoms with Crippen LogP contribution in [0, 0.1) is 18.8 Å². The minimum Gasteiger partial charge on any atom is -0.477 e. The molecule has 4 aromatic rings. The van der Waals surface area contributed by atoms with E-state index < -0.39 is 0 Å². The summed E-state index contributed by atoms with van der Waals surface area (Å²) in [5, 5.41) is 11.4. The summed E-state index contributed by atoms with van der Waals surface area (Å²) in [6, 6.07) is 11.1. The highest BCUT2D eigenvalue weighted by Crippen LogP contribution is 2.41. The molecular formula is C34H44N8O2. The maximum atomic E-state index is 13.8. The van der Waals surface area contributed by atoms with E-state index in [9.17, 15) is 4.79 Å². The number of carbonyl (C=O) groups is 1. The Morgan fingerprint density at radius 2 is 1.84 bits per heavy atom. The third kappa shape index (κ3) is 5.92. The lowest BCUT2D eigenvalue weighted by Crippen LogP contribution is -2.42. The van der Waals surface area contributed by atoms with Crippen molar-refractivity contribution in [3.8, 4) is 17.1 Å². The molecule has 1 aromatic carbocycles. The Labute approximate surface area is 259 Å². The van der Waals surface area contributed by atoms with E-state index in [-0.39, 0.29) is 5.91 Å². The largest absolute Gasteiger partial charge is 0.477 e. The Bertz CT molecular complexity index is 1660. The van der Waals surface area contributed by atoms with E-state index in [0.717, 1.165) is 73.3 Å². The SMILES string of the molecule is Cc1cc2cc(n1)-c1cnn(C)c1OCCCC(C1CC1)Cn1c(nc3ccc(NC4CCN(C(C)C)CC4)cc31)NC2=O. The van der Waals surface area contributed by atoms with Crippen molar-refractivity contribution in [2.24, 2.45) is 18.9 Å². The molecular weight excluding hydrogens is 552 g/mol.